The van der Waals surface area contributed by atoms with Gasteiger partial charge in [0.1, 0.15) is 5.75 Å². The Morgan fingerprint density at radius 2 is 1.68 bits per heavy atom. The van der Waals surface area contributed by atoms with Crippen molar-refractivity contribution in [2.24, 2.45) is 0 Å². The highest BCUT2D eigenvalue weighted by Crippen LogP contribution is 2.25. The molecule has 1 amide bonds. The van der Waals surface area contributed by atoms with Crippen molar-refractivity contribution in [1.29, 1.82) is 0 Å². The molecule has 1 aliphatic heterocycles. The number of imidazole rings is 1. The molecule has 0 radical (unpaired) electrons. The summed E-state index contributed by atoms with van der Waals surface area (Å²) in [7, 11) is 0. The maximum absolute atomic E-state index is 13.4. The quantitative estimate of drug-likeness (QED) is 0.255. The summed E-state index contributed by atoms with van der Waals surface area (Å²) in [6, 6.07) is 8.51. The van der Waals surface area contributed by atoms with E-state index in [9.17, 15) is 14.4 Å². The second-order valence-electron chi connectivity index (χ2n) is 12.1. The van der Waals surface area contributed by atoms with Crippen molar-refractivity contribution in [3.63, 3.8) is 0 Å². The second-order valence-corrected chi connectivity index (χ2v) is 12.1. The largest absolute Gasteiger partial charge is 0.484 e. The van der Waals surface area contributed by atoms with Gasteiger partial charge in [-0.1, -0.05) is 45.2 Å². The third-order valence-corrected chi connectivity index (χ3v) is 8.76. The highest BCUT2D eigenvalue weighted by Gasteiger charge is 2.26. The molecule has 2 aromatic heterocycles. The number of hydrogen-bond acceptors (Lipinski definition) is 7. The number of benzene rings is 1. The smallest absolute Gasteiger partial charge is 0.332 e. The minimum atomic E-state index is -0.268. The lowest BCUT2D eigenvalue weighted by atomic mass is 9.95. The first kappa shape index (κ1) is 31.8. The van der Waals surface area contributed by atoms with Crippen molar-refractivity contribution < 1.29 is 9.53 Å². The Hall–Kier alpha value is -3.60. The molecule has 1 saturated carbocycles. The van der Waals surface area contributed by atoms with Crippen molar-refractivity contribution in [2.45, 2.75) is 104 Å². The molecular weight excluding hydrogens is 558 g/mol. The molecule has 0 bridgehead atoms. The monoisotopic (exact) mass is 607 g/mol. The van der Waals surface area contributed by atoms with Gasteiger partial charge in [0.2, 0.25) is 5.95 Å². The number of anilines is 1. The van der Waals surface area contributed by atoms with Gasteiger partial charge in [0.25, 0.3) is 11.5 Å². The number of ether oxygens (including phenoxy) is 1. The van der Waals surface area contributed by atoms with E-state index < -0.39 is 0 Å². The molecule has 5 rings (SSSR count). The molecule has 0 unspecified atom stereocenters. The van der Waals surface area contributed by atoms with E-state index in [4.69, 9.17) is 9.72 Å². The molecule has 2 N–H and O–H groups in total. The van der Waals surface area contributed by atoms with Gasteiger partial charge in [-0.25, -0.2) is 4.79 Å². The van der Waals surface area contributed by atoms with Gasteiger partial charge in [0.05, 0.1) is 0 Å². The number of hydrogen-bond donors (Lipinski definition) is 2. The Bertz CT molecular complexity index is 1500. The first-order valence-corrected chi connectivity index (χ1v) is 16.7. The summed E-state index contributed by atoms with van der Waals surface area (Å²) in [6.45, 7) is 8.82. The first-order valence-electron chi connectivity index (χ1n) is 16.7. The van der Waals surface area contributed by atoms with Crippen molar-refractivity contribution >= 4 is 23.0 Å². The van der Waals surface area contributed by atoms with Gasteiger partial charge in [0.15, 0.2) is 17.8 Å². The van der Waals surface area contributed by atoms with Gasteiger partial charge in [-0.2, -0.15) is 4.98 Å². The fraction of sp³-hybridized carbons (Fsp3) is 0.636. The van der Waals surface area contributed by atoms with E-state index in [1.807, 2.05) is 42.7 Å². The van der Waals surface area contributed by atoms with Crippen LogP contribution in [0, 0.1) is 0 Å². The SMILES string of the molecule is CCCn1c(=O)c2c(nc3n2CCCN3CCc2ccc(OCC(=O)NCCCNC3CCCCC3)cc2)n(CCC)c1=O. The molecule has 1 aliphatic carbocycles. The zero-order chi connectivity index (χ0) is 30.9. The predicted octanol–water partition coefficient (Wildman–Crippen LogP) is 3.44. The molecule has 3 heterocycles. The van der Waals surface area contributed by atoms with Gasteiger partial charge < -0.3 is 24.8 Å². The lowest BCUT2D eigenvalue weighted by Crippen LogP contribution is -2.41. The molecule has 3 aromatic rings. The van der Waals surface area contributed by atoms with Crippen LogP contribution < -0.4 is 31.5 Å². The van der Waals surface area contributed by atoms with E-state index in [2.05, 4.69) is 15.5 Å². The number of nitrogens with one attached hydrogen (secondary N) is 2. The Labute approximate surface area is 259 Å². The Morgan fingerprint density at radius 1 is 0.932 bits per heavy atom. The van der Waals surface area contributed by atoms with Crippen LogP contribution in [-0.4, -0.2) is 63.4 Å². The summed E-state index contributed by atoms with van der Waals surface area (Å²) in [5.74, 6) is 1.32. The van der Waals surface area contributed by atoms with E-state index in [1.54, 1.807) is 4.57 Å². The maximum atomic E-state index is 13.4. The number of aryl methyl sites for hydroxylation is 2. The van der Waals surface area contributed by atoms with E-state index in [0.29, 0.717) is 49.1 Å². The van der Waals surface area contributed by atoms with Crippen LogP contribution >= 0.6 is 0 Å². The molecule has 0 atom stereocenters. The van der Waals surface area contributed by atoms with Gasteiger partial charge in [0, 0.05) is 45.3 Å². The first-order chi connectivity index (χ1) is 21.5. The normalized spacial score (nSPS) is 15.5. The Morgan fingerprint density at radius 3 is 2.43 bits per heavy atom. The zero-order valence-electron chi connectivity index (χ0n) is 26.5. The number of fused-ring (bicyclic) bond motifs is 3. The number of amides is 1. The van der Waals surface area contributed by atoms with Gasteiger partial charge >= 0.3 is 5.69 Å². The molecular formula is C33H49N7O4. The summed E-state index contributed by atoms with van der Waals surface area (Å²) in [4.78, 5) is 45.9. The molecule has 1 fully saturated rings. The number of carbonyl (C=O) groups excluding carboxylic acids is 1. The summed E-state index contributed by atoms with van der Waals surface area (Å²) >= 11 is 0. The molecule has 0 saturated heterocycles. The predicted molar refractivity (Wildman–Crippen MR) is 174 cm³/mol. The Balaban J connectivity index is 1.13. The topological polar surface area (TPSA) is 115 Å². The molecule has 2 aliphatic rings. The van der Waals surface area contributed by atoms with Crippen LogP contribution in [0.4, 0.5) is 5.95 Å². The summed E-state index contributed by atoms with van der Waals surface area (Å²) in [5.41, 5.74) is 1.67. The third-order valence-electron chi connectivity index (χ3n) is 8.76. The average molecular weight is 608 g/mol. The fourth-order valence-corrected chi connectivity index (χ4v) is 6.46. The number of carbonyl (C=O) groups is 1. The maximum Gasteiger partial charge on any atom is 0.332 e. The van der Waals surface area contributed by atoms with Crippen molar-refractivity contribution in [2.75, 3.05) is 37.7 Å². The number of nitrogens with zero attached hydrogens (tertiary/aromatic N) is 5. The van der Waals surface area contributed by atoms with Gasteiger partial charge in [-0.05, 0) is 69.2 Å². The average Bonchev–Trinajstić information content (AvgIpc) is 3.44. The minimum Gasteiger partial charge on any atom is -0.484 e. The zero-order valence-corrected chi connectivity index (χ0v) is 26.5. The van der Waals surface area contributed by atoms with E-state index in [-0.39, 0.29) is 23.8 Å². The van der Waals surface area contributed by atoms with Crippen LogP contribution in [0.2, 0.25) is 0 Å². The highest BCUT2D eigenvalue weighted by molar-refractivity contribution is 5.77. The van der Waals surface area contributed by atoms with Crippen LogP contribution in [-0.2, 0) is 30.8 Å². The summed E-state index contributed by atoms with van der Waals surface area (Å²) < 4.78 is 10.8. The van der Waals surface area contributed by atoms with Crippen molar-refractivity contribution in [1.82, 2.24) is 29.3 Å². The van der Waals surface area contributed by atoms with E-state index >= 15 is 0 Å². The molecule has 11 nitrogen and oxygen atoms in total. The van der Waals surface area contributed by atoms with Crippen LogP contribution in [0.25, 0.3) is 11.2 Å². The van der Waals surface area contributed by atoms with Crippen LogP contribution in [0.1, 0.15) is 77.2 Å². The van der Waals surface area contributed by atoms with E-state index in [1.165, 1.54) is 36.7 Å². The molecule has 240 valence electrons. The van der Waals surface area contributed by atoms with Gasteiger partial charge in [-0.15, -0.1) is 0 Å². The highest BCUT2D eigenvalue weighted by atomic mass is 16.5. The number of aromatic nitrogens is 4. The van der Waals surface area contributed by atoms with Crippen LogP contribution in [0.3, 0.4) is 0 Å². The van der Waals surface area contributed by atoms with E-state index in [0.717, 1.165) is 63.3 Å². The second kappa shape index (κ2) is 15.4. The molecule has 0 spiro atoms. The van der Waals surface area contributed by atoms with Crippen LogP contribution in [0.5, 0.6) is 5.75 Å². The standard InChI is InChI=1S/C33H49N7O4/c1-3-19-39-30-29(31(42)40(20-4-2)33(39)43)38-22-9-21-37(32(38)36-30)23-16-25-12-14-27(15-13-25)44-24-28(41)35-18-8-17-34-26-10-6-5-7-11-26/h12-15,26,34H,3-11,16-24H2,1-2H3,(H,35,41). The number of rotatable bonds is 15. The molecule has 1 aromatic carbocycles. The van der Waals surface area contributed by atoms with Crippen molar-refractivity contribution in [3.8, 4) is 5.75 Å². The Kier molecular flexibility index (Phi) is 11.1. The summed E-state index contributed by atoms with van der Waals surface area (Å²) in [5, 5.41) is 6.55. The molecule has 44 heavy (non-hydrogen) atoms. The third kappa shape index (κ3) is 7.54. The minimum absolute atomic E-state index is 0.00244. The lowest BCUT2D eigenvalue weighted by Gasteiger charge is -2.29. The fourth-order valence-electron chi connectivity index (χ4n) is 6.46. The van der Waals surface area contributed by atoms with Crippen molar-refractivity contribution in [3.05, 3.63) is 50.7 Å². The van der Waals surface area contributed by atoms with Crippen LogP contribution in [0.15, 0.2) is 33.9 Å². The van der Waals surface area contributed by atoms with Gasteiger partial charge in [-0.3, -0.25) is 18.7 Å². The lowest BCUT2D eigenvalue weighted by molar-refractivity contribution is -0.123. The molecule has 11 heteroatoms. The summed E-state index contributed by atoms with van der Waals surface area (Å²) in [6.07, 6.45) is 10.7.